The van der Waals surface area contributed by atoms with E-state index in [4.69, 9.17) is 10.2 Å². The third kappa shape index (κ3) is 6.87. The first kappa shape index (κ1) is 13.9. The topological polar surface area (TPSA) is 89.9 Å². The van der Waals surface area contributed by atoms with Crippen molar-refractivity contribution in [3.63, 3.8) is 0 Å². The van der Waals surface area contributed by atoms with Gasteiger partial charge in [0.15, 0.2) is 0 Å². The van der Waals surface area contributed by atoms with Crippen LogP contribution in [0.25, 0.3) is 0 Å². The summed E-state index contributed by atoms with van der Waals surface area (Å²) in [7, 11) is 1.50. The molecule has 0 aromatic heterocycles. The fraction of sp³-hybridized carbons (Fsp3) is 0.778. The van der Waals surface area contributed by atoms with Crippen LogP contribution in [0.1, 0.15) is 20.3 Å². The van der Waals surface area contributed by atoms with Gasteiger partial charge in [-0.3, -0.25) is 9.59 Å². The summed E-state index contributed by atoms with van der Waals surface area (Å²) in [5.41, 5.74) is 2.63. The highest BCUT2D eigenvalue weighted by atomic mass is 16.4. The van der Waals surface area contributed by atoms with Crippen LogP contribution < -0.4 is 5.43 Å². The zero-order valence-electron chi connectivity index (χ0n) is 9.23. The second-order valence-electron chi connectivity index (χ2n) is 3.90. The second kappa shape index (κ2) is 6.36. The van der Waals surface area contributed by atoms with E-state index in [0.717, 1.165) is 0 Å². The van der Waals surface area contributed by atoms with E-state index in [1.807, 2.05) is 13.8 Å². The van der Waals surface area contributed by atoms with Crippen molar-refractivity contribution in [1.82, 2.24) is 10.4 Å². The Balaban J connectivity index is 4.16. The summed E-state index contributed by atoms with van der Waals surface area (Å²) in [6.07, 6.45) is 0.458. The van der Waals surface area contributed by atoms with Crippen molar-refractivity contribution in [3.8, 4) is 0 Å². The number of nitrogens with zero attached hydrogens (tertiary/aromatic N) is 1. The van der Waals surface area contributed by atoms with Gasteiger partial charge in [-0.2, -0.15) is 0 Å². The number of rotatable bonds is 7. The van der Waals surface area contributed by atoms with Crippen LogP contribution in [0.4, 0.5) is 0 Å². The fourth-order valence-corrected chi connectivity index (χ4v) is 1.19. The minimum Gasteiger partial charge on any atom is -0.480 e. The highest BCUT2D eigenvalue weighted by Gasteiger charge is 2.20. The van der Waals surface area contributed by atoms with Gasteiger partial charge in [-0.05, 0) is 12.3 Å². The maximum absolute atomic E-state index is 10.8. The number of aliphatic carboxylic acids is 2. The molecule has 0 aromatic rings. The molecule has 15 heavy (non-hydrogen) atoms. The molecule has 0 saturated heterocycles. The largest absolute Gasteiger partial charge is 0.480 e. The van der Waals surface area contributed by atoms with Gasteiger partial charge in [0.05, 0.1) is 0 Å². The van der Waals surface area contributed by atoms with Crippen molar-refractivity contribution in [2.75, 3.05) is 13.6 Å². The van der Waals surface area contributed by atoms with Crippen LogP contribution in [0.5, 0.6) is 0 Å². The average Bonchev–Trinajstić information content (AvgIpc) is 1.99. The lowest BCUT2D eigenvalue weighted by Crippen LogP contribution is -2.48. The molecule has 0 fully saturated rings. The Labute approximate surface area is 88.9 Å². The van der Waals surface area contributed by atoms with Gasteiger partial charge >= 0.3 is 11.9 Å². The highest BCUT2D eigenvalue weighted by Crippen LogP contribution is 2.05. The van der Waals surface area contributed by atoms with Gasteiger partial charge < -0.3 is 10.2 Å². The SMILES string of the molecule is CC(C)C[C@H](NN(C)CC(=O)O)C(=O)O. The fourth-order valence-electron chi connectivity index (χ4n) is 1.19. The Hall–Kier alpha value is -1.14. The van der Waals surface area contributed by atoms with Crippen molar-refractivity contribution in [2.24, 2.45) is 5.92 Å². The van der Waals surface area contributed by atoms with Crippen molar-refractivity contribution >= 4 is 11.9 Å². The summed E-state index contributed by atoms with van der Waals surface area (Å²) in [4.78, 5) is 21.2. The van der Waals surface area contributed by atoms with Crippen LogP contribution in [-0.2, 0) is 9.59 Å². The first-order valence-corrected chi connectivity index (χ1v) is 4.74. The maximum atomic E-state index is 10.8. The summed E-state index contributed by atoms with van der Waals surface area (Å²) in [5.74, 6) is -1.74. The van der Waals surface area contributed by atoms with E-state index >= 15 is 0 Å². The summed E-state index contributed by atoms with van der Waals surface area (Å²) in [5, 5.41) is 18.6. The van der Waals surface area contributed by atoms with Crippen molar-refractivity contribution in [3.05, 3.63) is 0 Å². The van der Waals surface area contributed by atoms with Crippen LogP contribution in [0.2, 0.25) is 0 Å². The van der Waals surface area contributed by atoms with Gasteiger partial charge in [0.2, 0.25) is 0 Å². The van der Waals surface area contributed by atoms with Gasteiger partial charge in [-0.1, -0.05) is 13.8 Å². The number of nitrogens with one attached hydrogen (secondary N) is 1. The highest BCUT2D eigenvalue weighted by molar-refractivity contribution is 5.73. The van der Waals surface area contributed by atoms with Crippen LogP contribution in [0, 0.1) is 5.92 Å². The Morgan fingerprint density at radius 3 is 2.20 bits per heavy atom. The number of carboxylic acids is 2. The summed E-state index contributed by atoms with van der Waals surface area (Å²) >= 11 is 0. The van der Waals surface area contributed by atoms with E-state index in [1.54, 1.807) is 0 Å². The number of hydrogen-bond donors (Lipinski definition) is 3. The molecule has 0 aliphatic heterocycles. The number of carboxylic acid groups (broad SMARTS) is 2. The third-order valence-electron chi connectivity index (χ3n) is 1.75. The predicted octanol–water partition coefficient (Wildman–Crippen LogP) is 0.00670. The molecule has 0 aromatic carbocycles. The molecule has 0 unspecified atom stereocenters. The molecule has 1 atom stereocenters. The normalized spacial score (nSPS) is 13.1. The molecular formula is C9H18N2O4. The number of hydrazine groups is 1. The number of carbonyl (C=O) groups is 2. The zero-order valence-corrected chi connectivity index (χ0v) is 9.23. The first-order valence-electron chi connectivity index (χ1n) is 4.74. The minimum atomic E-state index is -1.00. The van der Waals surface area contributed by atoms with Crippen molar-refractivity contribution in [1.29, 1.82) is 0 Å². The average molecular weight is 218 g/mol. The first-order chi connectivity index (χ1) is 6.82. The summed E-state index contributed by atoms with van der Waals surface area (Å²) in [6, 6.07) is -0.741. The van der Waals surface area contributed by atoms with Gasteiger partial charge in [0.1, 0.15) is 12.6 Å². The lowest BCUT2D eigenvalue weighted by molar-refractivity contribution is -0.144. The van der Waals surface area contributed by atoms with Crippen LogP contribution in [0.15, 0.2) is 0 Å². The molecular weight excluding hydrogens is 200 g/mol. The molecule has 0 radical (unpaired) electrons. The van der Waals surface area contributed by atoms with E-state index in [-0.39, 0.29) is 12.5 Å². The van der Waals surface area contributed by atoms with Crippen LogP contribution in [0.3, 0.4) is 0 Å². The van der Waals surface area contributed by atoms with E-state index in [9.17, 15) is 9.59 Å². The van der Waals surface area contributed by atoms with Crippen molar-refractivity contribution in [2.45, 2.75) is 26.3 Å². The molecule has 0 bridgehead atoms. The molecule has 0 amide bonds. The maximum Gasteiger partial charge on any atom is 0.322 e. The van der Waals surface area contributed by atoms with E-state index in [2.05, 4.69) is 5.43 Å². The van der Waals surface area contributed by atoms with E-state index in [0.29, 0.717) is 6.42 Å². The Morgan fingerprint density at radius 1 is 1.33 bits per heavy atom. The molecule has 88 valence electrons. The van der Waals surface area contributed by atoms with Gasteiger partial charge in [-0.15, -0.1) is 0 Å². The van der Waals surface area contributed by atoms with Gasteiger partial charge in [0.25, 0.3) is 0 Å². The molecule has 0 spiro atoms. The molecule has 0 aliphatic carbocycles. The smallest absolute Gasteiger partial charge is 0.322 e. The van der Waals surface area contributed by atoms with E-state index in [1.165, 1.54) is 12.1 Å². The monoisotopic (exact) mass is 218 g/mol. The van der Waals surface area contributed by atoms with E-state index < -0.39 is 18.0 Å². The minimum absolute atomic E-state index is 0.233. The number of likely N-dealkylation sites (N-methyl/N-ethyl adjacent to an activating group) is 1. The lowest BCUT2D eigenvalue weighted by Gasteiger charge is -2.22. The summed E-state index contributed by atoms with van der Waals surface area (Å²) < 4.78 is 0. The predicted molar refractivity (Wildman–Crippen MR) is 54.3 cm³/mol. The Morgan fingerprint density at radius 2 is 1.87 bits per heavy atom. The second-order valence-corrected chi connectivity index (χ2v) is 3.90. The molecule has 0 heterocycles. The van der Waals surface area contributed by atoms with Gasteiger partial charge in [0, 0.05) is 7.05 Å². The number of hydrogen-bond acceptors (Lipinski definition) is 4. The lowest BCUT2D eigenvalue weighted by atomic mass is 10.0. The molecule has 6 heteroatoms. The standard InChI is InChI=1S/C9H18N2O4/c1-6(2)4-7(9(14)15)10-11(3)5-8(12)13/h6-7,10H,4-5H2,1-3H3,(H,12,13)(H,14,15)/t7-/m0/s1. The molecule has 3 N–H and O–H groups in total. The Bertz CT molecular complexity index is 230. The van der Waals surface area contributed by atoms with Crippen LogP contribution >= 0.6 is 0 Å². The zero-order chi connectivity index (χ0) is 12.0. The Kier molecular flexibility index (Phi) is 5.88. The van der Waals surface area contributed by atoms with Crippen molar-refractivity contribution < 1.29 is 19.8 Å². The van der Waals surface area contributed by atoms with Crippen LogP contribution in [-0.4, -0.2) is 46.8 Å². The van der Waals surface area contributed by atoms with Gasteiger partial charge in [-0.25, -0.2) is 10.4 Å². The quantitative estimate of drug-likeness (QED) is 0.521. The molecule has 0 rings (SSSR count). The summed E-state index contributed by atoms with van der Waals surface area (Å²) in [6.45, 7) is 3.59. The molecule has 0 saturated carbocycles. The molecule has 6 nitrogen and oxygen atoms in total. The third-order valence-corrected chi connectivity index (χ3v) is 1.75. The molecule has 0 aliphatic rings.